The van der Waals surface area contributed by atoms with Gasteiger partial charge in [0.15, 0.2) is 9.84 Å². The van der Waals surface area contributed by atoms with Crippen LogP contribution in [0.5, 0.6) is 0 Å². The van der Waals surface area contributed by atoms with E-state index in [9.17, 15) is 8.42 Å². The molecule has 1 aliphatic rings. The predicted molar refractivity (Wildman–Crippen MR) is 63.6 cm³/mol. The van der Waals surface area contributed by atoms with Gasteiger partial charge in [-0.2, -0.15) is 0 Å². The highest BCUT2D eigenvalue weighted by Gasteiger charge is 2.37. The summed E-state index contributed by atoms with van der Waals surface area (Å²) in [5, 5.41) is 3.26. The van der Waals surface area contributed by atoms with Gasteiger partial charge in [0.2, 0.25) is 0 Å². The van der Waals surface area contributed by atoms with E-state index >= 15 is 0 Å². The zero-order valence-corrected chi connectivity index (χ0v) is 11.0. The van der Waals surface area contributed by atoms with Crippen LogP contribution in [0.1, 0.15) is 27.2 Å². The van der Waals surface area contributed by atoms with Gasteiger partial charge in [-0.15, -0.1) is 0 Å². The van der Waals surface area contributed by atoms with E-state index in [1.807, 2.05) is 7.05 Å². The minimum Gasteiger partial charge on any atom is -0.317 e. The van der Waals surface area contributed by atoms with Crippen molar-refractivity contribution in [3.8, 4) is 0 Å². The molecule has 3 atom stereocenters. The van der Waals surface area contributed by atoms with Crippen molar-refractivity contribution in [2.45, 2.75) is 33.2 Å². The molecule has 1 rings (SSSR count). The van der Waals surface area contributed by atoms with E-state index in [-0.39, 0.29) is 0 Å². The van der Waals surface area contributed by atoms with Crippen molar-refractivity contribution in [3.63, 3.8) is 0 Å². The molecule has 1 N–H and O–H groups in total. The Balaban J connectivity index is 2.74. The largest absolute Gasteiger partial charge is 0.317 e. The van der Waals surface area contributed by atoms with Crippen LogP contribution in [-0.4, -0.2) is 33.0 Å². The summed E-state index contributed by atoms with van der Waals surface area (Å²) in [5.74, 6) is 2.12. The van der Waals surface area contributed by atoms with E-state index in [0.717, 1.165) is 6.42 Å². The smallest absolute Gasteiger partial charge is 0.150 e. The fraction of sp³-hybridized carbons (Fsp3) is 1.00. The van der Waals surface area contributed by atoms with Crippen LogP contribution in [-0.2, 0) is 9.84 Å². The van der Waals surface area contributed by atoms with Crippen LogP contribution in [0.15, 0.2) is 0 Å². The van der Waals surface area contributed by atoms with Crippen LogP contribution in [0.2, 0.25) is 0 Å². The number of nitrogens with one attached hydrogen (secondary N) is 1. The first kappa shape index (κ1) is 13.0. The van der Waals surface area contributed by atoms with Crippen LogP contribution in [0.25, 0.3) is 0 Å². The standard InChI is InChI=1S/C11H23NO2S/c1-8(2)11(9(3)12-4)10-5-6-15(13,14)7-10/h8-12H,5-7H2,1-4H3. The van der Waals surface area contributed by atoms with E-state index in [1.54, 1.807) is 0 Å². The van der Waals surface area contributed by atoms with Crippen molar-refractivity contribution < 1.29 is 8.42 Å². The summed E-state index contributed by atoms with van der Waals surface area (Å²) < 4.78 is 22.9. The van der Waals surface area contributed by atoms with Crippen molar-refractivity contribution in [1.29, 1.82) is 0 Å². The van der Waals surface area contributed by atoms with Gasteiger partial charge in [-0.3, -0.25) is 0 Å². The molecule has 0 aromatic carbocycles. The van der Waals surface area contributed by atoms with Gasteiger partial charge in [0.1, 0.15) is 0 Å². The fourth-order valence-corrected chi connectivity index (χ4v) is 4.72. The van der Waals surface area contributed by atoms with Crippen LogP contribution < -0.4 is 5.32 Å². The van der Waals surface area contributed by atoms with Crippen molar-refractivity contribution in [2.75, 3.05) is 18.6 Å². The number of rotatable bonds is 4. The van der Waals surface area contributed by atoms with Crippen LogP contribution in [0.4, 0.5) is 0 Å². The molecule has 4 heteroatoms. The Morgan fingerprint density at radius 1 is 1.27 bits per heavy atom. The third-order valence-corrected chi connectivity index (χ3v) is 5.41. The second kappa shape index (κ2) is 4.83. The molecule has 3 unspecified atom stereocenters. The molecule has 0 spiro atoms. The second-order valence-corrected chi connectivity index (χ2v) is 7.29. The van der Waals surface area contributed by atoms with Gasteiger partial charge in [-0.05, 0) is 38.1 Å². The van der Waals surface area contributed by atoms with Gasteiger partial charge in [0.05, 0.1) is 11.5 Å². The molecule has 1 aliphatic heterocycles. The quantitative estimate of drug-likeness (QED) is 0.796. The van der Waals surface area contributed by atoms with E-state index in [4.69, 9.17) is 0 Å². The molecule has 0 aromatic heterocycles. The fourth-order valence-electron chi connectivity index (χ4n) is 2.85. The third-order valence-electron chi connectivity index (χ3n) is 3.61. The molecule has 0 amide bonds. The zero-order valence-electron chi connectivity index (χ0n) is 10.2. The van der Waals surface area contributed by atoms with E-state index in [0.29, 0.717) is 35.3 Å². The van der Waals surface area contributed by atoms with E-state index in [2.05, 4.69) is 26.1 Å². The minimum absolute atomic E-state index is 0.345. The number of hydrogen-bond acceptors (Lipinski definition) is 3. The van der Waals surface area contributed by atoms with Crippen LogP contribution >= 0.6 is 0 Å². The van der Waals surface area contributed by atoms with Crippen molar-refractivity contribution in [1.82, 2.24) is 5.32 Å². The molecule has 0 aromatic rings. The highest BCUT2D eigenvalue weighted by molar-refractivity contribution is 7.91. The van der Waals surface area contributed by atoms with Crippen molar-refractivity contribution in [2.24, 2.45) is 17.8 Å². The number of hydrogen-bond donors (Lipinski definition) is 1. The summed E-state index contributed by atoms with van der Waals surface area (Å²) in [6.45, 7) is 6.52. The summed E-state index contributed by atoms with van der Waals surface area (Å²) in [6, 6.07) is 0.392. The molecule has 3 nitrogen and oxygen atoms in total. The Morgan fingerprint density at radius 3 is 2.20 bits per heavy atom. The van der Waals surface area contributed by atoms with Gasteiger partial charge in [-0.25, -0.2) is 8.42 Å². The minimum atomic E-state index is -2.74. The maximum atomic E-state index is 11.5. The summed E-state index contributed by atoms with van der Waals surface area (Å²) in [5.41, 5.74) is 0. The van der Waals surface area contributed by atoms with E-state index in [1.165, 1.54) is 0 Å². The highest BCUT2D eigenvalue weighted by Crippen LogP contribution is 2.32. The lowest BCUT2D eigenvalue weighted by molar-refractivity contribution is 0.217. The lowest BCUT2D eigenvalue weighted by atomic mass is 9.78. The lowest BCUT2D eigenvalue weighted by Gasteiger charge is -2.31. The molecule has 15 heavy (non-hydrogen) atoms. The van der Waals surface area contributed by atoms with Gasteiger partial charge in [-0.1, -0.05) is 13.8 Å². The van der Waals surface area contributed by atoms with Crippen molar-refractivity contribution in [3.05, 3.63) is 0 Å². The molecular formula is C11H23NO2S. The van der Waals surface area contributed by atoms with Crippen LogP contribution in [0.3, 0.4) is 0 Å². The predicted octanol–water partition coefficient (Wildman–Crippen LogP) is 1.30. The molecule has 0 radical (unpaired) electrons. The SMILES string of the molecule is CNC(C)C(C(C)C)C1CCS(=O)(=O)C1. The number of sulfone groups is 1. The maximum Gasteiger partial charge on any atom is 0.150 e. The van der Waals surface area contributed by atoms with Gasteiger partial charge in [0.25, 0.3) is 0 Å². The van der Waals surface area contributed by atoms with Gasteiger partial charge >= 0.3 is 0 Å². The summed E-state index contributed by atoms with van der Waals surface area (Å²) >= 11 is 0. The molecular weight excluding hydrogens is 210 g/mol. The molecule has 1 fully saturated rings. The second-order valence-electron chi connectivity index (χ2n) is 5.06. The Morgan fingerprint density at radius 2 is 1.87 bits per heavy atom. The van der Waals surface area contributed by atoms with Crippen LogP contribution in [0, 0.1) is 17.8 Å². The molecule has 1 saturated heterocycles. The first-order valence-electron chi connectivity index (χ1n) is 5.75. The molecule has 0 bridgehead atoms. The molecule has 1 heterocycles. The summed E-state index contributed by atoms with van der Waals surface area (Å²) in [7, 11) is -0.796. The maximum absolute atomic E-state index is 11.5. The zero-order chi connectivity index (χ0) is 11.6. The lowest BCUT2D eigenvalue weighted by Crippen LogP contribution is -2.38. The molecule has 0 saturated carbocycles. The average Bonchev–Trinajstić information content (AvgIpc) is 2.45. The average molecular weight is 233 g/mol. The first-order chi connectivity index (χ1) is 6.87. The Hall–Kier alpha value is -0.0900. The topological polar surface area (TPSA) is 46.2 Å². The third kappa shape index (κ3) is 3.18. The summed E-state index contributed by atoms with van der Waals surface area (Å²) in [6.07, 6.45) is 0.844. The normalized spacial score (nSPS) is 29.3. The van der Waals surface area contributed by atoms with E-state index < -0.39 is 9.84 Å². The molecule has 0 aliphatic carbocycles. The Kier molecular flexibility index (Phi) is 4.18. The monoisotopic (exact) mass is 233 g/mol. The Labute approximate surface area is 93.6 Å². The van der Waals surface area contributed by atoms with Gasteiger partial charge in [0, 0.05) is 6.04 Å². The first-order valence-corrected chi connectivity index (χ1v) is 7.57. The highest BCUT2D eigenvalue weighted by atomic mass is 32.2. The molecule has 90 valence electrons. The van der Waals surface area contributed by atoms with Crippen molar-refractivity contribution >= 4 is 9.84 Å². The summed E-state index contributed by atoms with van der Waals surface area (Å²) in [4.78, 5) is 0. The van der Waals surface area contributed by atoms with Gasteiger partial charge < -0.3 is 5.32 Å². The Bertz CT molecular complexity index is 298.